The van der Waals surface area contributed by atoms with Gasteiger partial charge in [0, 0.05) is 24.1 Å². The number of carbonyl (C=O) groups excluding carboxylic acids is 1. The van der Waals surface area contributed by atoms with E-state index in [1.54, 1.807) is 7.11 Å². The van der Waals surface area contributed by atoms with Crippen LogP contribution in [-0.2, 0) is 9.63 Å². The van der Waals surface area contributed by atoms with E-state index in [1.165, 1.54) is 6.42 Å². The monoisotopic (exact) mass is 316 g/mol. The molecule has 2 aliphatic rings. The lowest BCUT2D eigenvalue weighted by atomic mass is 9.96. The maximum absolute atomic E-state index is 12.8. The zero-order valence-corrected chi connectivity index (χ0v) is 14.0. The molecule has 23 heavy (non-hydrogen) atoms. The molecule has 0 aromatic heterocycles. The van der Waals surface area contributed by atoms with Gasteiger partial charge in [-0.15, -0.1) is 0 Å². The van der Waals surface area contributed by atoms with Crippen LogP contribution in [0.4, 0.5) is 0 Å². The summed E-state index contributed by atoms with van der Waals surface area (Å²) in [6.07, 6.45) is 3.32. The molecule has 3 rings (SSSR count). The SMILES string of the molecule is COc1cccc(C2=NO[C@H](C(=O)N3[C@@H](C)CCC[C@@H]3C)C2)c1. The molecule has 0 spiro atoms. The highest BCUT2D eigenvalue weighted by Gasteiger charge is 2.37. The summed E-state index contributed by atoms with van der Waals surface area (Å²) in [6.45, 7) is 4.23. The zero-order chi connectivity index (χ0) is 16.4. The Morgan fingerprint density at radius 3 is 2.74 bits per heavy atom. The minimum absolute atomic E-state index is 0.0614. The summed E-state index contributed by atoms with van der Waals surface area (Å²) in [5.41, 5.74) is 1.75. The fourth-order valence-corrected chi connectivity index (χ4v) is 3.50. The minimum Gasteiger partial charge on any atom is -0.497 e. The molecule has 1 fully saturated rings. The molecular weight excluding hydrogens is 292 g/mol. The van der Waals surface area contributed by atoms with Gasteiger partial charge in [-0.2, -0.15) is 0 Å². The molecular formula is C18H24N2O3. The Kier molecular flexibility index (Phi) is 4.55. The van der Waals surface area contributed by atoms with Gasteiger partial charge in [-0.1, -0.05) is 17.3 Å². The number of oxime groups is 1. The van der Waals surface area contributed by atoms with Crippen molar-refractivity contribution in [2.75, 3.05) is 7.11 Å². The van der Waals surface area contributed by atoms with Crippen molar-refractivity contribution in [3.05, 3.63) is 29.8 Å². The molecule has 2 heterocycles. The molecule has 5 nitrogen and oxygen atoms in total. The number of benzene rings is 1. The maximum atomic E-state index is 12.8. The van der Waals surface area contributed by atoms with Crippen LogP contribution in [0.15, 0.2) is 29.4 Å². The van der Waals surface area contributed by atoms with E-state index >= 15 is 0 Å². The lowest BCUT2D eigenvalue weighted by Gasteiger charge is -2.39. The molecule has 0 bridgehead atoms. The highest BCUT2D eigenvalue weighted by Crippen LogP contribution is 2.27. The van der Waals surface area contributed by atoms with Gasteiger partial charge in [0.2, 0.25) is 6.10 Å². The molecule has 3 atom stereocenters. The Labute approximate surface area is 137 Å². The summed E-state index contributed by atoms with van der Waals surface area (Å²) >= 11 is 0. The maximum Gasteiger partial charge on any atom is 0.267 e. The third kappa shape index (κ3) is 3.19. The third-order valence-corrected chi connectivity index (χ3v) is 4.80. The van der Waals surface area contributed by atoms with Crippen LogP contribution >= 0.6 is 0 Å². The fourth-order valence-electron chi connectivity index (χ4n) is 3.50. The normalized spacial score (nSPS) is 27.3. The number of ether oxygens (including phenoxy) is 1. The lowest BCUT2D eigenvalue weighted by molar-refractivity contribution is -0.148. The second-order valence-electron chi connectivity index (χ2n) is 6.44. The number of likely N-dealkylation sites (tertiary alicyclic amines) is 1. The molecule has 0 aliphatic carbocycles. The van der Waals surface area contributed by atoms with Gasteiger partial charge in [0.15, 0.2) is 0 Å². The largest absolute Gasteiger partial charge is 0.497 e. The van der Waals surface area contributed by atoms with Crippen LogP contribution in [-0.4, -0.2) is 41.8 Å². The summed E-state index contributed by atoms with van der Waals surface area (Å²) in [7, 11) is 1.64. The van der Waals surface area contributed by atoms with Crippen molar-refractivity contribution in [3.63, 3.8) is 0 Å². The van der Waals surface area contributed by atoms with Crippen LogP contribution in [0.5, 0.6) is 5.75 Å². The summed E-state index contributed by atoms with van der Waals surface area (Å²) in [5, 5.41) is 4.14. The van der Waals surface area contributed by atoms with Gasteiger partial charge < -0.3 is 14.5 Å². The zero-order valence-electron chi connectivity index (χ0n) is 14.0. The van der Waals surface area contributed by atoms with E-state index in [-0.39, 0.29) is 18.0 Å². The molecule has 1 aromatic rings. The number of piperidine rings is 1. The first kappa shape index (κ1) is 15.8. The second-order valence-corrected chi connectivity index (χ2v) is 6.44. The number of rotatable bonds is 3. The van der Waals surface area contributed by atoms with E-state index in [2.05, 4.69) is 19.0 Å². The first-order valence-electron chi connectivity index (χ1n) is 8.29. The van der Waals surface area contributed by atoms with E-state index in [4.69, 9.17) is 9.57 Å². The molecule has 5 heteroatoms. The molecule has 0 saturated carbocycles. The van der Waals surface area contributed by atoms with Gasteiger partial charge in [-0.05, 0) is 45.2 Å². The number of nitrogens with zero attached hydrogens (tertiary/aromatic N) is 2. The number of hydrogen-bond acceptors (Lipinski definition) is 4. The summed E-state index contributed by atoms with van der Waals surface area (Å²) < 4.78 is 5.24. The minimum atomic E-state index is -0.501. The summed E-state index contributed by atoms with van der Waals surface area (Å²) in [5.74, 6) is 0.838. The van der Waals surface area contributed by atoms with Crippen LogP contribution in [0.25, 0.3) is 0 Å². The van der Waals surface area contributed by atoms with Gasteiger partial charge in [-0.25, -0.2) is 0 Å². The molecule has 0 N–H and O–H groups in total. The molecule has 1 aromatic carbocycles. The van der Waals surface area contributed by atoms with E-state index in [1.807, 2.05) is 29.2 Å². The van der Waals surface area contributed by atoms with Gasteiger partial charge in [0.05, 0.1) is 12.8 Å². The molecule has 124 valence electrons. The van der Waals surface area contributed by atoms with E-state index < -0.39 is 6.10 Å². The number of methoxy groups -OCH3 is 1. The number of amides is 1. The Morgan fingerprint density at radius 2 is 2.04 bits per heavy atom. The van der Waals surface area contributed by atoms with E-state index in [9.17, 15) is 4.79 Å². The van der Waals surface area contributed by atoms with Crippen LogP contribution in [0.1, 0.15) is 45.1 Å². The van der Waals surface area contributed by atoms with Crippen molar-refractivity contribution < 1.29 is 14.4 Å². The topological polar surface area (TPSA) is 51.1 Å². The molecule has 1 saturated heterocycles. The van der Waals surface area contributed by atoms with Crippen molar-refractivity contribution in [1.82, 2.24) is 4.90 Å². The Hall–Kier alpha value is -2.04. The van der Waals surface area contributed by atoms with Crippen LogP contribution < -0.4 is 4.74 Å². The van der Waals surface area contributed by atoms with Gasteiger partial charge in [-0.3, -0.25) is 4.79 Å². The van der Waals surface area contributed by atoms with Crippen molar-refractivity contribution in [2.24, 2.45) is 5.16 Å². The molecule has 1 amide bonds. The molecule has 0 unspecified atom stereocenters. The van der Waals surface area contributed by atoms with Gasteiger partial charge >= 0.3 is 0 Å². The van der Waals surface area contributed by atoms with Gasteiger partial charge in [0.1, 0.15) is 5.75 Å². The predicted octanol–water partition coefficient (Wildman–Crippen LogP) is 2.98. The Bertz CT molecular complexity index is 604. The average Bonchev–Trinajstić information content (AvgIpc) is 3.04. The van der Waals surface area contributed by atoms with Crippen molar-refractivity contribution >= 4 is 11.6 Å². The third-order valence-electron chi connectivity index (χ3n) is 4.80. The van der Waals surface area contributed by atoms with Crippen molar-refractivity contribution in [2.45, 2.75) is 57.7 Å². The predicted molar refractivity (Wildman–Crippen MR) is 88.6 cm³/mol. The number of hydrogen-bond donors (Lipinski definition) is 0. The van der Waals surface area contributed by atoms with Crippen LogP contribution in [0.2, 0.25) is 0 Å². The Balaban J connectivity index is 1.69. The molecule has 0 radical (unpaired) electrons. The first-order chi connectivity index (χ1) is 11.1. The number of carbonyl (C=O) groups is 1. The highest BCUT2D eigenvalue weighted by atomic mass is 16.6. The lowest BCUT2D eigenvalue weighted by Crippen LogP contribution is -2.51. The smallest absolute Gasteiger partial charge is 0.267 e. The fraction of sp³-hybridized carbons (Fsp3) is 0.556. The van der Waals surface area contributed by atoms with Crippen molar-refractivity contribution in [1.29, 1.82) is 0 Å². The van der Waals surface area contributed by atoms with E-state index in [0.717, 1.165) is 29.9 Å². The van der Waals surface area contributed by atoms with Crippen LogP contribution in [0, 0.1) is 0 Å². The van der Waals surface area contributed by atoms with E-state index in [0.29, 0.717) is 6.42 Å². The average molecular weight is 316 g/mol. The summed E-state index contributed by atoms with van der Waals surface area (Å²) in [6, 6.07) is 8.23. The molecule has 2 aliphatic heterocycles. The summed E-state index contributed by atoms with van der Waals surface area (Å²) in [4.78, 5) is 20.3. The van der Waals surface area contributed by atoms with Gasteiger partial charge in [0.25, 0.3) is 5.91 Å². The highest BCUT2D eigenvalue weighted by molar-refractivity contribution is 6.04. The van der Waals surface area contributed by atoms with Crippen molar-refractivity contribution in [3.8, 4) is 5.75 Å². The Morgan fingerprint density at radius 1 is 1.30 bits per heavy atom. The standard InChI is InChI=1S/C18H24N2O3/c1-12-6-4-7-13(2)20(12)18(21)17-11-16(19-23-17)14-8-5-9-15(10-14)22-3/h5,8-10,12-13,17H,4,6-7,11H2,1-3H3/t12-,13-,17-/m0/s1. The van der Waals surface area contributed by atoms with Crippen LogP contribution in [0.3, 0.4) is 0 Å². The second kappa shape index (κ2) is 6.60. The quantitative estimate of drug-likeness (QED) is 0.861. The first-order valence-corrected chi connectivity index (χ1v) is 8.29.